The minimum Gasteiger partial charge on any atom is -0.349 e. The first-order valence-corrected chi connectivity index (χ1v) is 5.80. The van der Waals surface area contributed by atoms with Crippen LogP contribution in [0.15, 0.2) is 28.9 Å². The van der Waals surface area contributed by atoms with Gasteiger partial charge in [-0.2, -0.15) is 0 Å². The van der Waals surface area contributed by atoms with Gasteiger partial charge in [0.15, 0.2) is 0 Å². The highest BCUT2D eigenvalue weighted by Crippen LogP contribution is 2.28. The molecule has 1 N–H and O–H groups in total. The SMILES string of the molecule is Cc1ccc(-c2[nH]c(Br)cc2C)c(C)c1. The summed E-state index contributed by atoms with van der Waals surface area (Å²) >= 11 is 3.46. The van der Waals surface area contributed by atoms with Crippen LogP contribution in [0.5, 0.6) is 0 Å². The van der Waals surface area contributed by atoms with Gasteiger partial charge in [0.05, 0.1) is 4.60 Å². The number of halogens is 1. The lowest BCUT2D eigenvalue weighted by Crippen LogP contribution is -1.86. The molecule has 15 heavy (non-hydrogen) atoms. The minimum absolute atomic E-state index is 1.04. The van der Waals surface area contributed by atoms with E-state index in [1.54, 1.807) is 0 Å². The Morgan fingerprint density at radius 3 is 2.27 bits per heavy atom. The van der Waals surface area contributed by atoms with E-state index in [1.165, 1.54) is 27.9 Å². The molecule has 0 amide bonds. The average Bonchev–Trinajstić information content (AvgIpc) is 2.45. The van der Waals surface area contributed by atoms with E-state index in [-0.39, 0.29) is 0 Å². The molecule has 0 aliphatic heterocycles. The van der Waals surface area contributed by atoms with Crippen LogP contribution in [0.1, 0.15) is 16.7 Å². The zero-order valence-corrected chi connectivity index (χ0v) is 10.8. The lowest BCUT2D eigenvalue weighted by atomic mass is 10.0. The molecule has 0 aliphatic rings. The van der Waals surface area contributed by atoms with Crippen molar-refractivity contribution in [2.75, 3.05) is 0 Å². The minimum atomic E-state index is 1.04. The van der Waals surface area contributed by atoms with Gasteiger partial charge >= 0.3 is 0 Å². The number of hydrogen-bond acceptors (Lipinski definition) is 0. The summed E-state index contributed by atoms with van der Waals surface area (Å²) in [5.41, 5.74) is 6.38. The van der Waals surface area contributed by atoms with E-state index in [1.807, 2.05) is 0 Å². The topological polar surface area (TPSA) is 15.8 Å². The van der Waals surface area contributed by atoms with E-state index in [0.29, 0.717) is 0 Å². The van der Waals surface area contributed by atoms with Crippen LogP contribution in [0.3, 0.4) is 0 Å². The van der Waals surface area contributed by atoms with Gasteiger partial charge in [-0.3, -0.25) is 0 Å². The van der Waals surface area contributed by atoms with Crippen LogP contribution in [0, 0.1) is 20.8 Å². The number of nitrogens with one attached hydrogen (secondary N) is 1. The fourth-order valence-electron chi connectivity index (χ4n) is 1.89. The highest BCUT2D eigenvalue weighted by atomic mass is 79.9. The highest BCUT2D eigenvalue weighted by molar-refractivity contribution is 9.10. The zero-order chi connectivity index (χ0) is 11.0. The van der Waals surface area contributed by atoms with Gasteiger partial charge < -0.3 is 4.98 Å². The Kier molecular flexibility index (Phi) is 2.70. The Balaban J connectivity index is 2.59. The van der Waals surface area contributed by atoms with E-state index >= 15 is 0 Å². The van der Waals surface area contributed by atoms with Crippen molar-refractivity contribution in [2.24, 2.45) is 0 Å². The summed E-state index contributed by atoms with van der Waals surface area (Å²) in [5.74, 6) is 0. The van der Waals surface area contributed by atoms with Gasteiger partial charge in [-0.05, 0) is 53.9 Å². The molecule has 1 heterocycles. The van der Waals surface area contributed by atoms with Crippen LogP contribution in [-0.2, 0) is 0 Å². The number of rotatable bonds is 1. The molecule has 2 heteroatoms. The van der Waals surface area contributed by atoms with E-state index in [9.17, 15) is 0 Å². The summed E-state index contributed by atoms with van der Waals surface area (Å²) in [4.78, 5) is 3.34. The van der Waals surface area contributed by atoms with Crippen LogP contribution in [0.25, 0.3) is 11.3 Å². The molecule has 1 nitrogen and oxygen atoms in total. The van der Waals surface area contributed by atoms with E-state index < -0.39 is 0 Å². The maximum absolute atomic E-state index is 3.46. The molecule has 0 saturated heterocycles. The van der Waals surface area contributed by atoms with Crippen molar-refractivity contribution in [3.05, 3.63) is 45.6 Å². The average molecular weight is 264 g/mol. The molecule has 0 bridgehead atoms. The van der Waals surface area contributed by atoms with Gasteiger partial charge in [-0.25, -0.2) is 0 Å². The maximum Gasteiger partial charge on any atom is 0.0827 e. The largest absolute Gasteiger partial charge is 0.349 e. The summed E-state index contributed by atoms with van der Waals surface area (Å²) in [6.45, 7) is 6.39. The molecule has 1 aromatic carbocycles. The van der Waals surface area contributed by atoms with Crippen LogP contribution in [0.4, 0.5) is 0 Å². The quantitative estimate of drug-likeness (QED) is 0.787. The summed E-state index contributed by atoms with van der Waals surface area (Å²) in [5, 5.41) is 0. The van der Waals surface area contributed by atoms with E-state index in [0.717, 1.165) is 4.60 Å². The summed E-state index contributed by atoms with van der Waals surface area (Å²) in [7, 11) is 0. The third-order valence-corrected chi connectivity index (χ3v) is 3.06. The first kappa shape index (κ1) is 10.5. The highest BCUT2D eigenvalue weighted by Gasteiger charge is 2.07. The normalized spacial score (nSPS) is 10.7. The predicted octanol–water partition coefficient (Wildman–Crippen LogP) is 4.37. The Hall–Kier alpha value is -1.02. The lowest BCUT2D eigenvalue weighted by Gasteiger charge is -2.06. The Morgan fingerprint density at radius 1 is 1.00 bits per heavy atom. The van der Waals surface area contributed by atoms with Gasteiger partial charge in [0.2, 0.25) is 0 Å². The monoisotopic (exact) mass is 263 g/mol. The first-order valence-electron chi connectivity index (χ1n) is 5.00. The Labute approximate surface area is 98.7 Å². The maximum atomic E-state index is 3.46. The van der Waals surface area contributed by atoms with Gasteiger partial charge in [-0.1, -0.05) is 23.8 Å². The number of aromatic nitrogens is 1. The summed E-state index contributed by atoms with van der Waals surface area (Å²) in [6, 6.07) is 8.64. The third kappa shape index (κ3) is 2.00. The lowest BCUT2D eigenvalue weighted by molar-refractivity contribution is 1.30. The van der Waals surface area contributed by atoms with Gasteiger partial charge in [-0.15, -0.1) is 0 Å². The van der Waals surface area contributed by atoms with Crippen molar-refractivity contribution in [3.8, 4) is 11.3 Å². The second-order valence-electron chi connectivity index (χ2n) is 3.99. The fourth-order valence-corrected chi connectivity index (χ4v) is 2.43. The molecule has 0 saturated carbocycles. The van der Waals surface area contributed by atoms with E-state index in [2.05, 4.69) is 66.0 Å². The van der Waals surface area contributed by atoms with Crippen molar-refractivity contribution < 1.29 is 0 Å². The number of benzene rings is 1. The molecule has 0 unspecified atom stereocenters. The molecule has 1 aromatic heterocycles. The Morgan fingerprint density at radius 2 is 1.73 bits per heavy atom. The van der Waals surface area contributed by atoms with Crippen LogP contribution in [-0.4, -0.2) is 4.98 Å². The molecule has 2 aromatic rings. The number of aryl methyl sites for hydroxylation is 3. The molecule has 0 atom stereocenters. The number of hydrogen-bond donors (Lipinski definition) is 1. The molecule has 0 spiro atoms. The first-order chi connectivity index (χ1) is 7.08. The molecule has 2 rings (SSSR count). The van der Waals surface area contributed by atoms with Gasteiger partial charge in [0.25, 0.3) is 0 Å². The summed E-state index contributed by atoms with van der Waals surface area (Å²) < 4.78 is 1.04. The van der Waals surface area contributed by atoms with Crippen LogP contribution in [0.2, 0.25) is 0 Å². The van der Waals surface area contributed by atoms with Crippen molar-refractivity contribution in [3.63, 3.8) is 0 Å². The molecule has 78 valence electrons. The zero-order valence-electron chi connectivity index (χ0n) is 9.19. The number of H-pyrrole nitrogens is 1. The Bertz CT molecular complexity index is 497. The van der Waals surface area contributed by atoms with Crippen molar-refractivity contribution in [2.45, 2.75) is 20.8 Å². The van der Waals surface area contributed by atoms with Crippen LogP contribution >= 0.6 is 15.9 Å². The van der Waals surface area contributed by atoms with Crippen molar-refractivity contribution >= 4 is 15.9 Å². The molecular formula is C13H14BrN. The number of aromatic amines is 1. The third-order valence-electron chi connectivity index (χ3n) is 2.63. The molecular weight excluding hydrogens is 250 g/mol. The van der Waals surface area contributed by atoms with Crippen LogP contribution < -0.4 is 0 Å². The second-order valence-corrected chi connectivity index (χ2v) is 4.85. The smallest absolute Gasteiger partial charge is 0.0827 e. The predicted molar refractivity (Wildman–Crippen MR) is 68.1 cm³/mol. The summed E-state index contributed by atoms with van der Waals surface area (Å²) in [6.07, 6.45) is 0. The molecule has 0 aliphatic carbocycles. The van der Waals surface area contributed by atoms with Crippen molar-refractivity contribution in [1.29, 1.82) is 0 Å². The molecule has 0 radical (unpaired) electrons. The van der Waals surface area contributed by atoms with E-state index in [4.69, 9.17) is 0 Å². The van der Waals surface area contributed by atoms with Crippen molar-refractivity contribution in [1.82, 2.24) is 4.98 Å². The fraction of sp³-hybridized carbons (Fsp3) is 0.231. The van der Waals surface area contributed by atoms with Gasteiger partial charge in [0.1, 0.15) is 0 Å². The standard InChI is InChI=1S/C13H14BrN/c1-8-4-5-11(9(2)6-8)13-10(3)7-12(14)15-13/h4-7,15H,1-3H3. The molecule has 0 fully saturated rings. The second kappa shape index (κ2) is 3.86. The van der Waals surface area contributed by atoms with Gasteiger partial charge in [0, 0.05) is 11.3 Å².